The summed E-state index contributed by atoms with van der Waals surface area (Å²) in [6.07, 6.45) is -3.38. The Labute approximate surface area is 181 Å². The number of nitrogens with zero attached hydrogens (tertiary/aromatic N) is 3. The molecule has 0 fully saturated rings. The van der Waals surface area contributed by atoms with E-state index in [0.29, 0.717) is 18.2 Å². The van der Waals surface area contributed by atoms with Crippen molar-refractivity contribution in [3.63, 3.8) is 0 Å². The van der Waals surface area contributed by atoms with Crippen molar-refractivity contribution in [2.75, 3.05) is 13.7 Å². The third-order valence-electron chi connectivity index (χ3n) is 5.05. The van der Waals surface area contributed by atoms with E-state index < -0.39 is 24.1 Å². The number of benzene rings is 2. The van der Waals surface area contributed by atoms with Gasteiger partial charge in [-0.1, -0.05) is 23.7 Å². The molecule has 0 aromatic heterocycles. The Morgan fingerprint density at radius 1 is 1.19 bits per heavy atom. The van der Waals surface area contributed by atoms with Crippen LogP contribution in [-0.4, -0.2) is 42.3 Å². The van der Waals surface area contributed by atoms with Gasteiger partial charge in [0.25, 0.3) is 0 Å². The van der Waals surface area contributed by atoms with Crippen LogP contribution in [0.3, 0.4) is 0 Å². The Bertz CT molecular complexity index is 1020. The van der Waals surface area contributed by atoms with Crippen LogP contribution in [0.25, 0.3) is 0 Å². The summed E-state index contributed by atoms with van der Waals surface area (Å²) >= 11 is 5.98. The van der Waals surface area contributed by atoms with Gasteiger partial charge < -0.3 is 19.9 Å². The molecule has 0 amide bonds. The highest BCUT2D eigenvalue weighted by Crippen LogP contribution is 2.30. The Balaban J connectivity index is 1.61. The molecule has 0 saturated heterocycles. The summed E-state index contributed by atoms with van der Waals surface area (Å²) in [7, 11) is 1.88. The fourth-order valence-electron chi connectivity index (χ4n) is 3.63. The quantitative estimate of drug-likeness (QED) is 0.676. The van der Waals surface area contributed by atoms with Crippen molar-refractivity contribution in [3.05, 3.63) is 75.9 Å². The average molecular weight is 455 g/mol. The summed E-state index contributed by atoms with van der Waals surface area (Å²) in [4.78, 5) is 8.27. The van der Waals surface area contributed by atoms with Crippen molar-refractivity contribution in [2.24, 2.45) is 4.99 Å². The van der Waals surface area contributed by atoms with Gasteiger partial charge in [-0.2, -0.15) is 0 Å². The number of allylic oxidation sites excluding steroid dienone is 1. The minimum atomic E-state index is -4.85. The van der Waals surface area contributed by atoms with Crippen LogP contribution in [0, 0.1) is 5.82 Å². The molecule has 2 aromatic carbocycles. The third-order valence-corrected chi connectivity index (χ3v) is 5.30. The molecule has 0 spiro atoms. The molecule has 1 atom stereocenters. The van der Waals surface area contributed by atoms with E-state index in [1.807, 2.05) is 29.0 Å². The van der Waals surface area contributed by atoms with Crippen LogP contribution < -0.4 is 10.1 Å². The maximum Gasteiger partial charge on any atom is 0.573 e. The zero-order valence-electron chi connectivity index (χ0n) is 16.5. The monoisotopic (exact) mass is 454 g/mol. The molecular formula is C21H19ClF4N4O. The van der Waals surface area contributed by atoms with Crippen LogP contribution in [0.2, 0.25) is 5.02 Å². The van der Waals surface area contributed by atoms with Crippen molar-refractivity contribution in [3.8, 4) is 5.75 Å². The summed E-state index contributed by atoms with van der Waals surface area (Å²) < 4.78 is 56.2. The van der Waals surface area contributed by atoms with E-state index in [1.54, 1.807) is 18.3 Å². The van der Waals surface area contributed by atoms with Crippen LogP contribution in [0.4, 0.5) is 17.6 Å². The number of aliphatic imine (C=N–C) groups is 1. The van der Waals surface area contributed by atoms with Crippen molar-refractivity contribution in [2.45, 2.75) is 25.5 Å². The van der Waals surface area contributed by atoms with Gasteiger partial charge in [0.2, 0.25) is 0 Å². The summed E-state index contributed by atoms with van der Waals surface area (Å²) in [6, 6.07) is 10.4. The summed E-state index contributed by atoms with van der Waals surface area (Å²) in [6.45, 7) is 0.949. The highest BCUT2D eigenvalue weighted by atomic mass is 35.5. The lowest BCUT2D eigenvalue weighted by atomic mass is 10.1. The van der Waals surface area contributed by atoms with Gasteiger partial charge in [0.05, 0.1) is 11.9 Å². The lowest BCUT2D eigenvalue weighted by molar-refractivity contribution is -0.274. The van der Waals surface area contributed by atoms with Crippen LogP contribution in [-0.2, 0) is 13.0 Å². The first-order valence-corrected chi connectivity index (χ1v) is 9.84. The van der Waals surface area contributed by atoms with Gasteiger partial charge in [0.15, 0.2) is 0 Å². The molecule has 5 nitrogen and oxygen atoms in total. The molecule has 1 unspecified atom stereocenters. The molecule has 2 aliphatic heterocycles. The molecule has 4 rings (SSSR count). The number of hydrogen-bond acceptors (Lipinski definition) is 5. The summed E-state index contributed by atoms with van der Waals surface area (Å²) in [5, 5.41) is 3.97. The molecule has 31 heavy (non-hydrogen) atoms. The van der Waals surface area contributed by atoms with Crippen molar-refractivity contribution >= 4 is 17.8 Å². The number of halogens is 5. The fraction of sp³-hybridized carbons (Fsp3) is 0.286. The molecule has 2 heterocycles. The molecule has 0 bridgehead atoms. The fourth-order valence-corrected chi connectivity index (χ4v) is 3.76. The Morgan fingerprint density at radius 2 is 1.94 bits per heavy atom. The van der Waals surface area contributed by atoms with Crippen molar-refractivity contribution in [1.29, 1.82) is 0 Å². The maximum absolute atomic E-state index is 14.5. The third kappa shape index (κ3) is 4.87. The Kier molecular flexibility index (Phi) is 5.70. The molecule has 0 saturated carbocycles. The summed E-state index contributed by atoms with van der Waals surface area (Å²) in [5.74, 6) is -0.228. The Morgan fingerprint density at radius 3 is 2.65 bits per heavy atom. The van der Waals surface area contributed by atoms with Crippen LogP contribution in [0.5, 0.6) is 5.75 Å². The molecule has 0 radical (unpaired) electrons. The van der Waals surface area contributed by atoms with E-state index in [1.165, 1.54) is 0 Å². The average Bonchev–Trinajstić information content (AvgIpc) is 3.04. The second-order valence-electron chi connectivity index (χ2n) is 7.30. The van der Waals surface area contributed by atoms with Gasteiger partial charge in [-0.15, -0.1) is 13.2 Å². The molecule has 10 heteroatoms. The van der Waals surface area contributed by atoms with Crippen LogP contribution in [0.1, 0.15) is 11.1 Å². The van der Waals surface area contributed by atoms with Crippen LogP contribution in [0.15, 0.2) is 59.0 Å². The SMILES string of the molecule is CN1CN=CC2=C1NC(Cc1cc(OC(F)(F)F)ccc1F)N2Cc1ccc(Cl)cc1. The molecule has 1 N–H and O–H groups in total. The lowest BCUT2D eigenvalue weighted by Crippen LogP contribution is -2.40. The minimum Gasteiger partial charge on any atom is -0.406 e. The predicted molar refractivity (Wildman–Crippen MR) is 109 cm³/mol. The predicted octanol–water partition coefficient (Wildman–Crippen LogP) is 4.49. The first kappa shape index (κ1) is 21.3. The second-order valence-corrected chi connectivity index (χ2v) is 7.74. The van der Waals surface area contributed by atoms with Gasteiger partial charge in [-0.3, -0.25) is 4.99 Å². The van der Waals surface area contributed by atoms with Gasteiger partial charge >= 0.3 is 6.36 Å². The number of hydrogen-bond donors (Lipinski definition) is 1. The summed E-state index contributed by atoms with van der Waals surface area (Å²) in [5.41, 5.74) is 1.91. The van der Waals surface area contributed by atoms with E-state index in [-0.39, 0.29) is 12.0 Å². The first-order valence-electron chi connectivity index (χ1n) is 9.46. The molecule has 164 valence electrons. The molecule has 0 aliphatic carbocycles. The number of rotatable bonds is 5. The standard InChI is InChI=1S/C21H19ClF4N4O/c1-29-12-27-10-18-20(29)28-19(30(18)11-13-2-4-15(22)5-3-13)9-14-8-16(6-7-17(14)23)31-21(24,25)26/h2-8,10,19,28H,9,11-12H2,1H3. The highest BCUT2D eigenvalue weighted by molar-refractivity contribution is 6.30. The van der Waals surface area contributed by atoms with Gasteiger partial charge in [-0.05, 0) is 41.5 Å². The topological polar surface area (TPSA) is 40.1 Å². The number of ether oxygens (including phenoxy) is 1. The highest BCUT2D eigenvalue weighted by Gasteiger charge is 2.35. The number of nitrogens with one attached hydrogen (secondary N) is 1. The normalized spacial score (nSPS) is 18.3. The van der Waals surface area contributed by atoms with Gasteiger partial charge in [-0.25, -0.2) is 4.39 Å². The maximum atomic E-state index is 14.5. The second kappa shape index (κ2) is 8.30. The molecule has 2 aromatic rings. The molecular weight excluding hydrogens is 436 g/mol. The zero-order chi connectivity index (χ0) is 22.2. The van der Waals surface area contributed by atoms with Gasteiger partial charge in [0, 0.05) is 25.0 Å². The zero-order valence-corrected chi connectivity index (χ0v) is 17.2. The van der Waals surface area contributed by atoms with Crippen molar-refractivity contribution in [1.82, 2.24) is 15.1 Å². The van der Waals surface area contributed by atoms with E-state index in [9.17, 15) is 17.6 Å². The largest absolute Gasteiger partial charge is 0.573 e. The minimum absolute atomic E-state index is 0.111. The first-order chi connectivity index (χ1) is 14.7. The van der Waals surface area contributed by atoms with Gasteiger partial charge in [0.1, 0.15) is 30.2 Å². The number of alkyl halides is 3. The van der Waals surface area contributed by atoms with E-state index in [2.05, 4.69) is 15.0 Å². The molecule has 2 aliphatic rings. The Hall–Kier alpha value is -2.94. The van der Waals surface area contributed by atoms with Crippen molar-refractivity contribution < 1.29 is 22.3 Å². The van der Waals surface area contributed by atoms with E-state index >= 15 is 0 Å². The smallest absolute Gasteiger partial charge is 0.406 e. The van der Waals surface area contributed by atoms with E-state index in [0.717, 1.165) is 35.3 Å². The lowest BCUT2D eigenvalue weighted by Gasteiger charge is -2.28. The van der Waals surface area contributed by atoms with Crippen LogP contribution >= 0.6 is 11.6 Å². The van der Waals surface area contributed by atoms with E-state index in [4.69, 9.17) is 11.6 Å².